The third-order valence-electron chi connectivity index (χ3n) is 4.16. The molecule has 5 nitrogen and oxygen atoms in total. The quantitative estimate of drug-likeness (QED) is 0.629. The fourth-order valence-corrected chi connectivity index (χ4v) is 2.94. The van der Waals surface area contributed by atoms with Crippen molar-refractivity contribution in [1.29, 1.82) is 0 Å². The molecule has 1 aromatic heterocycles. The molecule has 0 fully saturated rings. The summed E-state index contributed by atoms with van der Waals surface area (Å²) in [7, 11) is 2.58. The van der Waals surface area contributed by atoms with Gasteiger partial charge in [0, 0.05) is 17.8 Å². The SMILES string of the molecule is COC(=O)C1(C(=O)OC)Cc2cc(C(C)C)nc(C)c2C1. The highest BCUT2D eigenvalue weighted by Crippen LogP contribution is 2.41. The lowest BCUT2D eigenvalue weighted by atomic mass is 9.84. The zero-order valence-corrected chi connectivity index (χ0v) is 13.1. The van der Waals surface area contributed by atoms with Gasteiger partial charge in [0.15, 0.2) is 5.41 Å². The first-order chi connectivity index (χ1) is 9.85. The van der Waals surface area contributed by atoms with E-state index in [2.05, 4.69) is 18.8 Å². The van der Waals surface area contributed by atoms with Gasteiger partial charge in [-0.05, 0) is 36.5 Å². The number of aryl methyl sites for hydroxylation is 1. The first-order valence-electron chi connectivity index (χ1n) is 7.02. The van der Waals surface area contributed by atoms with Crippen LogP contribution in [0, 0.1) is 12.3 Å². The summed E-state index contributed by atoms with van der Waals surface area (Å²) in [6.45, 7) is 6.04. The third kappa shape index (κ3) is 2.41. The molecule has 2 rings (SSSR count). The standard InChI is InChI=1S/C16H21NO4/c1-9(2)13-6-11-7-16(14(18)20-4,15(19)21-5)8-12(11)10(3)17-13/h6,9H,7-8H2,1-5H3. The van der Waals surface area contributed by atoms with Crippen LogP contribution in [-0.4, -0.2) is 31.1 Å². The van der Waals surface area contributed by atoms with Crippen LogP contribution in [0.1, 0.15) is 42.3 Å². The maximum atomic E-state index is 12.2. The van der Waals surface area contributed by atoms with Gasteiger partial charge >= 0.3 is 11.9 Å². The Balaban J connectivity index is 2.51. The molecule has 1 aliphatic rings. The average Bonchev–Trinajstić information content (AvgIpc) is 2.86. The first kappa shape index (κ1) is 15.5. The van der Waals surface area contributed by atoms with Crippen molar-refractivity contribution in [1.82, 2.24) is 4.98 Å². The highest BCUT2D eigenvalue weighted by atomic mass is 16.5. The number of aromatic nitrogens is 1. The maximum Gasteiger partial charge on any atom is 0.323 e. The highest BCUT2D eigenvalue weighted by Gasteiger charge is 2.53. The van der Waals surface area contributed by atoms with Crippen LogP contribution in [0.5, 0.6) is 0 Å². The highest BCUT2D eigenvalue weighted by molar-refractivity contribution is 6.01. The van der Waals surface area contributed by atoms with Crippen molar-refractivity contribution in [2.24, 2.45) is 5.41 Å². The molecule has 1 aliphatic carbocycles. The lowest BCUT2D eigenvalue weighted by Crippen LogP contribution is -2.42. The van der Waals surface area contributed by atoms with Gasteiger partial charge in [0.05, 0.1) is 14.2 Å². The molecule has 0 radical (unpaired) electrons. The second-order valence-corrected chi connectivity index (χ2v) is 5.84. The van der Waals surface area contributed by atoms with E-state index in [1.54, 1.807) is 0 Å². The topological polar surface area (TPSA) is 65.5 Å². The van der Waals surface area contributed by atoms with Crippen LogP contribution >= 0.6 is 0 Å². The van der Waals surface area contributed by atoms with Crippen molar-refractivity contribution < 1.29 is 19.1 Å². The van der Waals surface area contributed by atoms with Gasteiger partial charge in [0.2, 0.25) is 0 Å². The molecule has 5 heteroatoms. The van der Waals surface area contributed by atoms with Gasteiger partial charge in [-0.2, -0.15) is 0 Å². The van der Waals surface area contributed by atoms with Gasteiger partial charge in [-0.3, -0.25) is 14.6 Å². The Labute approximate surface area is 124 Å². The molecule has 0 N–H and O–H groups in total. The van der Waals surface area contributed by atoms with E-state index in [-0.39, 0.29) is 0 Å². The molecule has 21 heavy (non-hydrogen) atoms. The Hall–Kier alpha value is -1.91. The summed E-state index contributed by atoms with van der Waals surface area (Å²) in [5.41, 5.74) is 2.51. The van der Waals surface area contributed by atoms with E-state index in [0.29, 0.717) is 18.8 Å². The predicted octanol–water partition coefficient (Wildman–Crippen LogP) is 1.94. The number of hydrogen-bond acceptors (Lipinski definition) is 5. The molecule has 0 amide bonds. The molecule has 1 aromatic rings. The first-order valence-corrected chi connectivity index (χ1v) is 7.02. The minimum absolute atomic E-state index is 0.291. The largest absolute Gasteiger partial charge is 0.468 e. The fourth-order valence-electron chi connectivity index (χ4n) is 2.94. The van der Waals surface area contributed by atoms with Gasteiger partial charge in [-0.15, -0.1) is 0 Å². The van der Waals surface area contributed by atoms with E-state index in [0.717, 1.165) is 22.5 Å². The Morgan fingerprint density at radius 3 is 2.24 bits per heavy atom. The minimum atomic E-state index is -1.27. The van der Waals surface area contributed by atoms with Crippen LogP contribution in [0.25, 0.3) is 0 Å². The molecule has 0 aliphatic heterocycles. The Bertz CT molecular complexity index is 576. The van der Waals surface area contributed by atoms with Gasteiger partial charge in [0.25, 0.3) is 0 Å². The molecule has 114 valence electrons. The number of carbonyl (C=O) groups is 2. The van der Waals surface area contributed by atoms with Gasteiger partial charge < -0.3 is 9.47 Å². The number of hydrogen-bond donors (Lipinski definition) is 0. The number of nitrogens with zero attached hydrogens (tertiary/aromatic N) is 1. The molecule has 0 aromatic carbocycles. The van der Waals surface area contributed by atoms with E-state index in [4.69, 9.17) is 9.47 Å². The molecular formula is C16H21NO4. The number of esters is 2. The van der Waals surface area contributed by atoms with E-state index in [1.807, 2.05) is 13.0 Å². The number of fused-ring (bicyclic) bond motifs is 1. The number of carbonyl (C=O) groups excluding carboxylic acids is 2. The third-order valence-corrected chi connectivity index (χ3v) is 4.16. The fraction of sp³-hybridized carbons (Fsp3) is 0.562. The second-order valence-electron chi connectivity index (χ2n) is 5.84. The molecule has 0 unspecified atom stereocenters. The Morgan fingerprint density at radius 2 is 1.76 bits per heavy atom. The molecule has 0 saturated carbocycles. The van der Waals surface area contributed by atoms with E-state index in [1.165, 1.54) is 14.2 Å². The van der Waals surface area contributed by atoms with Crippen LogP contribution in [0.2, 0.25) is 0 Å². The zero-order valence-electron chi connectivity index (χ0n) is 13.1. The monoisotopic (exact) mass is 291 g/mol. The molecule has 1 heterocycles. The van der Waals surface area contributed by atoms with Crippen molar-refractivity contribution in [2.45, 2.75) is 39.5 Å². The Morgan fingerprint density at radius 1 is 1.19 bits per heavy atom. The number of ether oxygens (including phenoxy) is 2. The predicted molar refractivity (Wildman–Crippen MR) is 76.9 cm³/mol. The van der Waals surface area contributed by atoms with Crippen LogP contribution < -0.4 is 0 Å². The summed E-state index contributed by atoms with van der Waals surface area (Å²) in [5.74, 6) is -0.799. The number of methoxy groups -OCH3 is 2. The molecule has 0 saturated heterocycles. The van der Waals surface area contributed by atoms with Crippen molar-refractivity contribution >= 4 is 11.9 Å². The minimum Gasteiger partial charge on any atom is -0.468 e. The van der Waals surface area contributed by atoms with Crippen LogP contribution in [0.3, 0.4) is 0 Å². The van der Waals surface area contributed by atoms with Crippen LogP contribution in [-0.2, 0) is 31.9 Å². The molecule has 0 spiro atoms. The Kier molecular flexibility index (Phi) is 4.03. The normalized spacial score (nSPS) is 15.7. The number of pyridine rings is 1. The molecular weight excluding hydrogens is 270 g/mol. The summed E-state index contributed by atoms with van der Waals surface area (Å²) < 4.78 is 9.70. The summed E-state index contributed by atoms with van der Waals surface area (Å²) >= 11 is 0. The molecule has 0 bridgehead atoms. The zero-order chi connectivity index (χ0) is 15.8. The summed E-state index contributed by atoms with van der Waals surface area (Å²) in [6, 6.07) is 1.99. The lowest BCUT2D eigenvalue weighted by Gasteiger charge is -2.22. The van der Waals surface area contributed by atoms with Gasteiger partial charge in [0.1, 0.15) is 0 Å². The van der Waals surface area contributed by atoms with Crippen molar-refractivity contribution in [3.8, 4) is 0 Å². The van der Waals surface area contributed by atoms with E-state index < -0.39 is 17.4 Å². The van der Waals surface area contributed by atoms with E-state index >= 15 is 0 Å². The lowest BCUT2D eigenvalue weighted by molar-refractivity contribution is -0.168. The number of rotatable bonds is 3. The average molecular weight is 291 g/mol. The van der Waals surface area contributed by atoms with Crippen LogP contribution in [0.15, 0.2) is 6.07 Å². The van der Waals surface area contributed by atoms with Crippen molar-refractivity contribution in [2.75, 3.05) is 14.2 Å². The smallest absolute Gasteiger partial charge is 0.323 e. The summed E-state index contributed by atoms with van der Waals surface area (Å²) in [5, 5.41) is 0. The second kappa shape index (κ2) is 5.47. The summed E-state index contributed by atoms with van der Waals surface area (Å²) in [4.78, 5) is 29.0. The van der Waals surface area contributed by atoms with Crippen LogP contribution in [0.4, 0.5) is 0 Å². The van der Waals surface area contributed by atoms with Gasteiger partial charge in [-0.1, -0.05) is 13.8 Å². The van der Waals surface area contributed by atoms with E-state index in [9.17, 15) is 9.59 Å². The van der Waals surface area contributed by atoms with Gasteiger partial charge in [-0.25, -0.2) is 0 Å². The van der Waals surface area contributed by atoms with Crippen molar-refractivity contribution in [3.63, 3.8) is 0 Å². The summed E-state index contributed by atoms with van der Waals surface area (Å²) in [6.07, 6.45) is 0.601. The van der Waals surface area contributed by atoms with Crippen molar-refractivity contribution in [3.05, 3.63) is 28.6 Å². The molecule has 0 atom stereocenters. The maximum absolute atomic E-state index is 12.2.